The van der Waals surface area contributed by atoms with Gasteiger partial charge in [-0.2, -0.15) is 0 Å². The quantitative estimate of drug-likeness (QED) is 0.324. The number of carboxylic acid groups (broad SMARTS) is 2. The number of carboxylic acids is 2. The van der Waals surface area contributed by atoms with Crippen molar-refractivity contribution in [3.05, 3.63) is 0 Å². The molecule has 0 fully saturated rings. The van der Waals surface area contributed by atoms with Crippen LogP contribution in [0.3, 0.4) is 0 Å². The first kappa shape index (κ1) is 26.5. The molecule has 28 heavy (non-hydrogen) atoms. The van der Waals surface area contributed by atoms with Crippen LogP contribution in [0, 0.1) is 0 Å². The predicted octanol–water partition coefficient (Wildman–Crippen LogP) is 3.00. The Morgan fingerprint density at radius 3 is 1.93 bits per heavy atom. The first-order chi connectivity index (χ1) is 13.0. The number of carbonyl (C=O) groups is 2. The Hall–Kier alpha value is -1.51. The Labute approximate surface area is 169 Å². The summed E-state index contributed by atoms with van der Waals surface area (Å²) in [5.74, 6) is -1.08. The molecule has 1 aliphatic rings. The van der Waals surface area contributed by atoms with Crippen molar-refractivity contribution < 1.29 is 34.1 Å². The molecule has 0 aromatic heterocycles. The summed E-state index contributed by atoms with van der Waals surface area (Å²) in [7, 11) is 5.52. The molecule has 1 atom stereocenters. The standard InChI is InChI=1S/C15H28N2O3.C5H11NO2/c1-2-3-4-5-6-7-8-9-10-14-16-11-12-17(14,20)13-15(18)19;1-6(2,3)4-5(7)8/h20H,2-13H2,1H3;4H2,1-3H3/p+2. The van der Waals surface area contributed by atoms with Crippen molar-refractivity contribution in [2.75, 3.05) is 47.3 Å². The lowest BCUT2D eigenvalue weighted by molar-refractivity contribution is -1.02. The van der Waals surface area contributed by atoms with E-state index in [-0.39, 0.29) is 13.1 Å². The second kappa shape index (κ2) is 13.6. The maximum absolute atomic E-state index is 10.8. The van der Waals surface area contributed by atoms with Crippen molar-refractivity contribution in [1.29, 1.82) is 0 Å². The zero-order chi connectivity index (χ0) is 21.6. The molecule has 0 amide bonds. The summed E-state index contributed by atoms with van der Waals surface area (Å²) in [6, 6.07) is 0. The normalized spacial score (nSPS) is 19.0. The van der Waals surface area contributed by atoms with Crippen LogP contribution in [0.2, 0.25) is 0 Å². The lowest BCUT2D eigenvalue weighted by Gasteiger charge is -2.23. The van der Waals surface area contributed by atoms with Gasteiger partial charge in [0.1, 0.15) is 6.54 Å². The Kier molecular flexibility index (Phi) is 12.9. The Bertz CT molecular complexity index is 503. The van der Waals surface area contributed by atoms with Crippen molar-refractivity contribution in [2.24, 2.45) is 4.99 Å². The molecule has 1 heterocycles. The maximum Gasteiger partial charge on any atom is 0.362 e. The summed E-state index contributed by atoms with van der Waals surface area (Å²) in [4.78, 5) is 25.1. The lowest BCUT2D eigenvalue weighted by atomic mass is 10.1. The molecular formula is C20H41N3O5+2. The van der Waals surface area contributed by atoms with Gasteiger partial charge in [0.15, 0.2) is 6.54 Å². The molecular weight excluding hydrogens is 362 g/mol. The van der Waals surface area contributed by atoms with Crippen LogP contribution in [0.15, 0.2) is 4.99 Å². The summed E-state index contributed by atoms with van der Waals surface area (Å²) < 4.78 is 0.00116. The van der Waals surface area contributed by atoms with Gasteiger partial charge < -0.3 is 14.7 Å². The van der Waals surface area contributed by atoms with Crippen molar-refractivity contribution >= 4 is 17.8 Å². The fraction of sp³-hybridized carbons (Fsp3) is 0.850. The second-order valence-electron chi connectivity index (χ2n) is 8.56. The van der Waals surface area contributed by atoms with E-state index in [4.69, 9.17) is 10.2 Å². The third-order valence-corrected chi connectivity index (χ3v) is 4.51. The predicted molar refractivity (Wildman–Crippen MR) is 109 cm³/mol. The molecule has 0 spiro atoms. The Morgan fingerprint density at radius 1 is 0.964 bits per heavy atom. The summed E-state index contributed by atoms with van der Waals surface area (Å²) in [6.45, 7) is 3.07. The molecule has 8 nitrogen and oxygen atoms in total. The van der Waals surface area contributed by atoms with Gasteiger partial charge in [-0.1, -0.05) is 51.9 Å². The molecule has 1 aliphatic heterocycles. The van der Waals surface area contributed by atoms with Gasteiger partial charge in [-0.05, 0) is 6.42 Å². The van der Waals surface area contributed by atoms with E-state index in [0.29, 0.717) is 23.4 Å². The number of likely N-dealkylation sites (N-methyl/N-ethyl adjacent to an activating group) is 1. The van der Waals surface area contributed by atoms with Gasteiger partial charge in [-0.3, -0.25) is 0 Å². The number of aliphatic carboxylic acids is 2. The van der Waals surface area contributed by atoms with Gasteiger partial charge in [-0.25, -0.2) is 19.8 Å². The number of amidine groups is 1. The zero-order valence-electron chi connectivity index (χ0n) is 18.2. The van der Waals surface area contributed by atoms with Crippen molar-refractivity contribution in [1.82, 2.24) is 0 Å². The summed E-state index contributed by atoms with van der Waals surface area (Å²) >= 11 is 0. The van der Waals surface area contributed by atoms with Crippen LogP contribution in [0.4, 0.5) is 0 Å². The van der Waals surface area contributed by atoms with Crippen LogP contribution in [-0.4, -0.2) is 89.6 Å². The number of rotatable bonds is 13. The third-order valence-electron chi connectivity index (χ3n) is 4.51. The summed E-state index contributed by atoms with van der Waals surface area (Å²) in [6.07, 6.45) is 10.6. The molecule has 1 unspecified atom stereocenters. The highest BCUT2D eigenvalue weighted by atomic mass is 16.6. The molecule has 0 aliphatic carbocycles. The van der Waals surface area contributed by atoms with Crippen LogP contribution >= 0.6 is 0 Å². The average molecular weight is 404 g/mol. The summed E-state index contributed by atoms with van der Waals surface area (Å²) in [5, 5.41) is 27.3. The summed E-state index contributed by atoms with van der Waals surface area (Å²) in [5.41, 5.74) is 0. The van der Waals surface area contributed by atoms with Crippen LogP contribution < -0.4 is 0 Å². The number of hydrogen-bond donors (Lipinski definition) is 3. The third kappa shape index (κ3) is 13.6. The van der Waals surface area contributed by atoms with Gasteiger partial charge in [0.25, 0.3) is 0 Å². The largest absolute Gasteiger partial charge is 0.477 e. The molecule has 164 valence electrons. The number of nitrogens with zero attached hydrogens (tertiary/aromatic N) is 3. The van der Waals surface area contributed by atoms with Crippen LogP contribution in [0.1, 0.15) is 64.7 Å². The lowest BCUT2D eigenvalue weighted by Crippen LogP contribution is -2.50. The maximum atomic E-state index is 10.8. The van der Waals surface area contributed by atoms with E-state index in [2.05, 4.69) is 11.9 Å². The minimum absolute atomic E-state index is 0.181. The van der Waals surface area contributed by atoms with E-state index < -0.39 is 16.6 Å². The number of quaternary nitrogens is 2. The zero-order valence-corrected chi connectivity index (χ0v) is 18.2. The number of hydrogen-bond acceptors (Lipinski definition) is 4. The molecule has 0 saturated carbocycles. The van der Waals surface area contributed by atoms with E-state index in [0.717, 1.165) is 19.3 Å². The van der Waals surface area contributed by atoms with E-state index in [1.165, 1.54) is 38.5 Å². The molecule has 0 aromatic carbocycles. The minimum Gasteiger partial charge on any atom is -0.477 e. The van der Waals surface area contributed by atoms with Gasteiger partial charge in [0.2, 0.25) is 12.4 Å². The van der Waals surface area contributed by atoms with E-state index in [1.807, 2.05) is 21.1 Å². The van der Waals surface area contributed by atoms with E-state index in [9.17, 15) is 14.8 Å². The number of unbranched alkanes of at least 4 members (excludes halogenated alkanes) is 7. The highest BCUT2D eigenvalue weighted by Crippen LogP contribution is 2.17. The average Bonchev–Trinajstić information content (AvgIpc) is 2.87. The van der Waals surface area contributed by atoms with Crippen molar-refractivity contribution in [3.8, 4) is 0 Å². The van der Waals surface area contributed by atoms with Crippen molar-refractivity contribution in [3.63, 3.8) is 0 Å². The van der Waals surface area contributed by atoms with Gasteiger partial charge in [-0.15, -0.1) is 4.65 Å². The molecule has 0 bridgehead atoms. The SMILES string of the molecule is CCCCCCCCCCC1=NCC[N+]1(O)CC(=O)O.C[N+](C)(C)CC(=O)O. The van der Waals surface area contributed by atoms with Gasteiger partial charge in [0.05, 0.1) is 27.7 Å². The number of aliphatic imine (C=N–C) groups is 1. The fourth-order valence-corrected chi connectivity index (χ4v) is 3.11. The molecule has 0 radical (unpaired) electrons. The monoisotopic (exact) mass is 403 g/mol. The first-order valence-corrected chi connectivity index (χ1v) is 10.4. The van der Waals surface area contributed by atoms with Gasteiger partial charge in [0, 0.05) is 6.42 Å². The number of hydroxylamine groups is 3. The molecule has 0 aromatic rings. The smallest absolute Gasteiger partial charge is 0.362 e. The molecule has 0 saturated heterocycles. The van der Waals surface area contributed by atoms with E-state index in [1.54, 1.807) is 0 Å². The van der Waals surface area contributed by atoms with Crippen LogP contribution in [0.5, 0.6) is 0 Å². The van der Waals surface area contributed by atoms with Crippen LogP contribution in [0.25, 0.3) is 0 Å². The molecule has 8 heteroatoms. The Balaban J connectivity index is 0.000000769. The van der Waals surface area contributed by atoms with Gasteiger partial charge >= 0.3 is 11.9 Å². The van der Waals surface area contributed by atoms with Crippen LogP contribution in [-0.2, 0) is 9.59 Å². The first-order valence-electron chi connectivity index (χ1n) is 10.4. The van der Waals surface area contributed by atoms with Crippen molar-refractivity contribution in [2.45, 2.75) is 64.7 Å². The minimum atomic E-state index is -0.974. The van der Waals surface area contributed by atoms with E-state index >= 15 is 0 Å². The molecule has 1 rings (SSSR count). The fourth-order valence-electron chi connectivity index (χ4n) is 3.11. The topological polar surface area (TPSA) is 107 Å². The highest BCUT2D eigenvalue weighted by molar-refractivity contribution is 5.79. The highest BCUT2D eigenvalue weighted by Gasteiger charge is 2.39. The second-order valence-corrected chi connectivity index (χ2v) is 8.56. The Morgan fingerprint density at radius 2 is 1.50 bits per heavy atom. The molecule has 3 N–H and O–H groups in total.